The average molecular weight is 613 g/mol. The van der Waals surface area contributed by atoms with E-state index in [-0.39, 0.29) is 57.2 Å². The van der Waals surface area contributed by atoms with Gasteiger partial charge in [-0.15, -0.1) is 0 Å². The van der Waals surface area contributed by atoms with Gasteiger partial charge >= 0.3 is 5.97 Å². The van der Waals surface area contributed by atoms with Crippen LogP contribution in [0, 0.1) is 0 Å². The fraction of sp³-hybridized carbons (Fsp3) is 0.0625. The van der Waals surface area contributed by atoms with E-state index in [0.29, 0.717) is 27.8 Å². The number of hydrogen-bond acceptors (Lipinski definition) is 8. The summed E-state index contributed by atoms with van der Waals surface area (Å²) in [5, 5.41) is 27.4. The smallest absolute Gasteiger partial charge is 0.336 e. The summed E-state index contributed by atoms with van der Waals surface area (Å²) >= 11 is 13.3. The molecule has 43 heavy (non-hydrogen) atoms. The minimum absolute atomic E-state index is 0.00626. The number of aromatic hydroxyl groups is 1. The molecular weight excluding hydrogens is 591 g/mol. The Bertz CT molecular complexity index is 2020. The van der Waals surface area contributed by atoms with Crippen LogP contribution >= 0.6 is 23.2 Å². The highest BCUT2D eigenvalue weighted by atomic mass is 35.5. The number of carboxylic acids is 1. The number of anilines is 2. The van der Waals surface area contributed by atoms with Gasteiger partial charge in [0.05, 0.1) is 41.4 Å². The lowest BCUT2D eigenvalue weighted by atomic mass is 9.90. The Morgan fingerprint density at radius 3 is 2.07 bits per heavy atom. The summed E-state index contributed by atoms with van der Waals surface area (Å²) in [5.74, 6) is -1.46. The maximum Gasteiger partial charge on any atom is 0.336 e. The minimum Gasteiger partial charge on any atom is -0.504 e. The van der Waals surface area contributed by atoms with Crippen LogP contribution in [0.1, 0.15) is 21.7 Å². The zero-order valence-electron chi connectivity index (χ0n) is 22.3. The van der Waals surface area contributed by atoms with Crippen LogP contribution in [0.25, 0.3) is 33.4 Å². The van der Waals surface area contributed by atoms with Crippen molar-refractivity contribution in [1.82, 2.24) is 9.97 Å². The number of nitrogens with zero attached hydrogens (tertiary/aromatic N) is 2. The van der Waals surface area contributed by atoms with Crippen molar-refractivity contribution < 1.29 is 19.4 Å². The van der Waals surface area contributed by atoms with Crippen LogP contribution in [0.15, 0.2) is 94.4 Å². The molecule has 2 aliphatic rings. The molecule has 0 atom stereocenters. The fourth-order valence-electron chi connectivity index (χ4n) is 4.88. The molecule has 1 aliphatic heterocycles. The van der Waals surface area contributed by atoms with Crippen LogP contribution in [-0.4, -0.2) is 26.2 Å². The Morgan fingerprint density at radius 1 is 0.814 bits per heavy atom. The first-order chi connectivity index (χ1) is 20.8. The molecule has 4 N–H and O–H groups in total. The van der Waals surface area contributed by atoms with Crippen molar-refractivity contribution in [3.05, 3.63) is 122 Å². The molecule has 0 amide bonds. The van der Waals surface area contributed by atoms with Gasteiger partial charge in [-0.2, -0.15) is 0 Å². The lowest BCUT2D eigenvalue weighted by Crippen LogP contribution is -2.14. The number of aromatic nitrogens is 2. The monoisotopic (exact) mass is 612 g/mol. The Kier molecular flexibility index (Phi) is 7.58. The molecule has 1 aliphatic carbocycles. The van der Waals surface area contributed by atoms with Crippen molar-refractivity contribution in [2.24, 2.45) is 0 Å². The molecular formula is C32H22Cl2N4O5. The summed E-state index contributed by atoms with van der Waals surface area (Å²) in [6.45, 7) is 0.514. The standard InChI is InChI=1S/C32H22Cl2N4O5/c33-26-28(39)23(37-15-17-7-3-5-11-35-17)13-21-25(19-9-1-2-10-20(19)32(41)42)22-14-24(38-16-18-8-4-6-12-36-18)29(40)27(34)31(22)43-30(21)26/h1-14,37-39H,15-16H2,(H,41,42). The molecule has 0 saturated carbocycles. The third-order valence-corrected chi connectivity index (χ3v) is 7.61. The van der Waals surface area contributed by atoms with Gasteiger partial charge in [-0.3, -0.25) is 14.8 Å². The normalized spacial score (nSPS) is 11.1. The molecule has 9 nitrogen and oxygen atoms in total. The first kappa shape index (κ1) is 28.0. The maximum atomic E-state index is 13.3. The van der Waals surface area contributed by atoms with Crippen molar-refractivity contribution in [2.75, 3.05) is 10.6 Å². The van der Waals surface area contributed by atoms with Crippen molar-refractivity contribution in [2.45, 2.75) is 13.1 Å². The number of hydrogen-bond donors (Lipinski definition) is 4. The van der Waals surface area contributed by atoms with Crippen LogP contribution in [-0.2, 0) is 13.1 Å². The van der Waals surface area contributed by atoms with E-state index in [9.17, 15) is 19.8 Å². The van der Waals surface area contributed by atoms with E-state index in [0.717, 1.165) is 5.69 Å². The average Bonchev–Trinajstić information content (AvgIpc) is 3.03. The number of carbonyl (C=O) groups is 1. The number of nitrogens with one attached hydrogen (secondary N) is 2. The Morgan fingerprint density at radius 2 is 1.44 bits per heavy atom. The van der Waals surface area contributed by atoms with E-state index in [1.807, 2.05) is 24.3 Å². The largest absolute Gasteiger partial charge is 0.504 e. The number of pyridine rings is 2. The van der Waals surface area contributed by atoms with Gasteiger partial charge in [-0.05, 0) is 48.0 Å². The van der Waals surface area contributed by atoms with Crippen LogP contribution in [0.3, 0.4) is 0 Å². The van der Waals surface area contributed by atoms with Crippen molar-refractivity contribution in [3.8, 4) is 28.2 Å². The molecule has 2 aromatic carbocycles. The first-order valence-electron chi connectivity index (χ1n) is 13.1. The van der Waals surface area contributed by atoms with Gasteiger partial charge in [0.15, 0.2) is 17.1 Å². The van der Waals surface area contributed by atoms with Gasteiger partial charge in [0, 0.05) is 28.9 Å². The highest BCUT2D eigenvalue weighted by Crippen LogP contribution is 2.49. The van der Waals surface area contributed by atoms with Crippen molar-refractivity contribution in [1.29, 1.82) is 0 Å². The number of halogens is 2. The molecule has 2 aromatic heterocycles. The number of phenolic OH excluding ortho intramolecular Hbond substituents is 1. The lowest BCUT2D eigenvalue weighted by Gasteiger charge is -2.21. The molecule has 0 spiro atoms. The van der Waals surface area contributed by atoms with E-state index in [2.05, 4.69) is 20.6 Å². The van der Waals surface area contributed by atoms with E-state index in [1.54, 1.807) is 54.9 Å². The third kappa shape index (κ3) is 5.31. The first-order valence-corrected chi connectivity index (χ1v) is 13.8. The van der Waals surface area contributed by atoms with Crippen LogP contribution in [0.4, 0.5) is 11.4 Å². The second-order valence-corrected chi connectivity index (χ2v) is 10.3. The quantitative estimate of drug-likeness (QED) is 0.103. The molecule has 0 saturated heterocycles. The molecule has 0 fully saturated rings. The third-order valence-electron chi connectivity index (χ3n) is 6.91. The maximum absolute atomic E-state index is 13.3. The molecule has 11 heteroatoms. The Balaban J connectivity index is 1.62. The zero-order chi connectivity index (χ0) is 30.1. The SMILES string of the molecule is O=C(O)c1ccccc1-c1c2cc(NCc3ccccn3)c(=O)c(Cl)c-2oc2c(Cl)c(O)c(NCc3ccccn3)cc12. The number of benzene rings is 3. The lowest BCUT2D eigenvalue weighted by molar-refractivity contribution is 0.0697. The molecule has 214 valence electrons. The second kappa shape index (κ2) is 11.6. The van der Waals surface area contributed by atoms with Crippen LogP contribution in [0.5, 0.6) is 5.75 Å². The summed E-state index contributed by atoms with van der Waals surface area (Å²) in [6.07, 6.45) is 3.30. The number of rotatable bonds is 8. The van der Waals surface area contributed by atoms with Crippen LogP contribution in [0.2, 0.25) is 10.0 Å². The van der Waals surface area contributed by atoms with Gasteiger partial charge in [-0.25, -0.2) is 4.79 Å². The highest BCUT2D eigenvalue weighted by molar-refractivity contribution is 6.38. The van der Waals surface area contributed by atoms with Gasteiger partial charge in [0.25, 0.3) is 0 Å². The zero-order valence-corrected chi connectivity index (χ0v) is 23.8. The Labute approximate surface area is 254 Å². The predicted molar refractivity (Wildman–Crippen MR) is 166 cm³/mol. The highest BCUT2D eigenvalue weighted by Gasteiger charge is 2.28. The van der Waals surface area contributed by atoms with Gasteiger partial charge in [0.1, 0.15) is 10.0 Å². The van der Waals surface area contributed by atoms with Crippen LogP contribution < -0.4 is 16.1 Å². The van der Waals surface area contributed by atoms with Crippen molar-refractivity contribution in [3.63, 3.8) is 0 Å². The summed E-state index contributed by atoms with van der Waals surface area (Å²) in [4.78, 5) is 34.3. The molecule has 6 rings (SSSR count). The molecule has 0 unspecified atom stereocenters. The minimum atomic E-state index is -1.16. The van der Waals surface area contributed by atoms with Crippen molar-refractivity contribution >= 4 is 51.5 Å². The summed E-state index contributed by atoms with van der Waals surface area (Å²) in [6, 6.07) is 20.5. The van der Waals surface area contributed by atoms with E-state index < -0.39 is 11.4 Å². The summed E-state index contributed by atoms with van der Waals surface area (Å²) in [7, 11) is 0. The second-order valence-electron chi connectivity index (χ2n) is 9.58. The number of fused-ring (bicyclic) bond motifs is 2. The summed E-state index contributed by atoms with van der Waals surface area (Å²) < 4.78 is 6.12. The van der Waals surface area contributed by atoms with Gasteiger partial charge in [-0.1, -0.05) is 53.5 Å². The predicted octanol–water partition coefficient (Wildman–Crippen LogP) is 7.29. The summed E-state index contributed by atoms with van der Waals surface area (Å²) in [5.41, 5.74) is 2.47. The number of aromatic carboxylic acids is 1. The van der Waals surface area contributed by atoms with E-state index >= 15 is 0 Å². The molecule has 0 radical (unpaired) electrons. The fourth-order valence-corrected chi connectivity index (χ4v) is 5.36. The van der Waals surface area contributed by atoms with E-state index in [4.69, 9.17) is 27.6 Å². The molecule has 4 aromatic rings. The molecule has 3 heterocycles. The topological polar surface area (TPSA) is 138 Å². The number of carboxylic acid groups (broad SMARTS) is 1. The van der Waals surface area contributed by atoms with Gasteiger partial charge in [0.2, 0.25) is 5.43 Å². The van der Waals surface area contributed by atoms with Gasteiger partial charge < -0.3 is 25.3 Å². The number of phenols is 1. The van der Waals surface area contributed by atoms with E-state index in [1.165, 1.54) is 6.07 Å². The Hall–Kier alpha value is -5.12. The molecule has 0 bridgehead atoms.